The quantitative estimate of drug-likeness (QED) is 0.741. The van der Waals surface area contributed by atoms with E-state index in [1.54, 1.807) is 0 Å². The van der Waals surface area contributed by atoms with Gasteiger partial charge in [0.2, 0.25) is 0 Å². The van der Waals surface area contributed by atoms with Crippen LogP contribution >= 0.6 is 0 Å². The number of halogens is 1. The molecule has 3 nitrogen and oxygen atoms in total. The zero-order chi connectivity index (χ0) is 15.9. The fourth-order valence-corrected chi connectivity index (χ4v) is 2.11. The van der Waals surface area contributed by atoms with Crippen LogP contribution in [0.5, 0.6) is 5.75 Å². The molecule has 0 saturated heterocycles. The molecule has 0 amide bonds. The summed E-state index contributed by atoms with van der Waals surface area (Å²) in [6.07, 6.45) is 3.24. The summed E-state index contributed by atoms with van der Waals surface area (Å²) in [5.74, 6) is 0.249. The van der Waals surface area contributed by atoms with Gasteiger partial charge in [-0.25, -0.2) is 4.39 Å². The van der Waals surface area contributed by atoms with Crippen molar-refractivity contribution in [2.45, 2.75) is 52.5 Å². The summed E-state index contributed by atoms with van der Waals surface area (Å²) in [4.78, 5) is 0. The summed E-state index contributed by atoms with van der Waals surface area (Å²) >= 11 is 0. The van der Waals surface area contributed by atoms with Crippen molar-refractivity contribution in [1.29, 1.82) is 5.26 Å². The Balaban J connectivity index is 2.42. The summed E-state index contributed by atoms with van der Waals surface area (Å²) in [6, 6.07) is 7.00. The zero-order valence-corrected chi connectivity index (χ0v) is 13.2. The molecule has 0 aliphatic carbocycles. The van der Waals surface area contributed by atoms with Gasteiger partial charge in [-0.05, 0) is 64.2 Å². The first-order valence-corrected chi connectivity index (χ1v) is 7.41. The number of benzene rings is 1. The topological polar surface area (TPSA) is 59.0 Å². The van der Waals surface area contributed by atoms with Gasteiger partial charge in [-0.15, -0.1) is 0 Å². The van der Waals surface area contributed by atoms with Crippen molar-refractivity contribution in [2.24, 2.45) is 11.1 Å². The Labute approximate surface area is 126 Å². The average Bonchev–Trinajstić information content (AvgIpc) is 2.36. The highest BCUT2D eigenvalue weighted by molar-refractivity contribution is 5.30. The molecule has 0 radical (unpaired) electrons. The third-order valence-corrected chi connectivity index (χ3v) is 3.26. The van der Waals surface area contributed by atoms with Gasteiger partial charge in [-0.2, -0.15) is 5.26 Å². The third kappa shape index (κ3) is 7.10. The van der Waals surface area contributed by atoms with Crippen LogP contribution in [0, 0.1) is 22.6 Å². The number of nitrogens with two attached hydrogens (primary N) is 1. The monoisotopic (exact) mass is 292 g/mol. The molecule has 0 aliphatic heterocycles. The second-order valence-corrected chi connectivity index (χ2v) is 6.28. The molecule has 4 heteroatoms. The van der Waals surface area contributed by atoms with Crippen LogP contribution in [0.15, 0.2) is 18.2 Å². The lowest BCUT2D eigenvalue weighted by molar-refractivity contribution is 0.293. The standard InChI is InChI=1S/C17H25FN2O/c1-13(20)8-14-9-15(18)11-16(10-14)21-7-5-4-6-17(2,3)12-19/h9-11,13H,4-8,20H2,1-3H3. The van der Waals surface area contributed by atoms with Crippen molar-refractivity contribution >= 4 is 0 Å². The van der Waals surface area contributed by atoms with Crippen LogP contribution in [0.3, 0.4) is 0 Å². The number of nitrogens with zero attached hydrogens (tertiary/aromatic N) is 1. The molecule has 2 N–H and O–H groups in total. The summed E-state index contributed by atoms with van der Waals surface area (Å²) < 4.78 is 19.1. The Hall–Kier alpha value is -1.60. The van der Waals surface area contributed by atoms with E-state index in [0.717, 1.165) is 24.8 Å². The van der Waals surface area contributed by atoms with Crippen LogP contribution < -0.4 is 10.5 Å². The molecule has 116 valence electrons. The first kappa shape index (κ1) is 17.5. The Bertz CT molecular complexity index is 492. The molecule has 1 unspecified atom stereocenters. The predicted octanol–water partition coefficient (Wildman–Crippen LogP) is 3.81. The molecular formula is C17H25FN2O. The molecular weight excluding hydrogens is 267 g/mol. The second kappa shape index (κ2) is 7.99. The maximum atomic E-state index is 13.5. The third-order valence-electron chi connectivity index (χ3n) is 3.26. The molecule has 1 rings (SSSR count). The fraction of sp³-hybridized carbons (Fsp3) is 0.588. The minimum Gasteiger partial charge on any atom is -0.493 e. The van der Waals surface area contributed by atoms with E-state index in [0.29, 0.717) is 18.8 Å². The van der Waals surface area contributed by atoms with Gasteiger partial charge >= 0.3 is 0 Å². The lowest BCUT2D eigenvalue weighted by Gasteiger charge is -2.14. The Morgan fingerprint density at radius 1 is 1.33 bits per heavy atom. The highest BCUT2D eigenvalue weighted by Crippen LogP contribution is 2.22. The van der Waals surface area contributed by atoms with E-state index in [1.165, 1.54) is 12.1 Å². The average molecular weight is 292 g/mol. The number of hydrogen-bond acceptors (Lipinski definition) is 3. The van der Waals surface area contributed by atoms with Crippen LogP contribution in [-0.4, -0.2) is 12.6 Å². The maximum Gasteiger partial charge on any atom is 0.127 e. The van der Waals surface area contributed by atoms with E-state index >= 15 is 0 Å². The molecule has 1 aromatic carbocycles. The Morgan fingerprint density at radius 2 is 2.05 bits per heavy atom. The smallest absolute Gasteiger partial charge is 0.127 e. The van der Waals surface area contributed by atoms with Crippen molar-refractivity contribution in [1.82, 2.24) is 0 Å². The van der Waals surface area contributed by atoms with Gasteiger partial charge in [0.15, 0.2) is 0 Å². The van der Waals surface area contributed by atoms with E-state index in [4.69, 9.17) is 15.7 Å². The van der Waals surface area contributed by atoms with Gasteiger partial charge in [0.1, 0.15) is 11.6 Å². The maximum absolute atomic E-state index is 13.5. The molecule has 0 heterocycles. The number of rotatable bonds is 8. The van der Waals surface area contributed by atoms with Crippen LogP contribution in [0.1, 0.15) is 45.6 Å². The SMILES string of the molecule is CC(N)Cc1cc(F)cc(OCCCCC(C)(C)C#N)c1. The molecule has 0 saturated carbocycles. The van der Waals surface area contributed by atoms with Crippen molar-refractivity contribution in [2.75, 3.05) is 6.61 Å². The van der Waals surface area contributed by atoms with Crippen LogP contribution in [0.2, 0.25) is 0 Å². The number of ether oxygens (including phenoxy) is 1. The number of nitriles is 1. The van der Waals surface area contributed by atoms with Gasteiger partial charge < -0.3 is 10.5 Å². The van der Waals surface area contributed by atoms with Gasteiger partial charge in [0.05, 0.1) is 18.1 Å². The molecule has 0 bridgehead atoms. The minimum atomic E-state index is -0.297. The molecule has 0 aliphatic rings. The van der Waals surface area contributed by atoms with E-state index in [9.17, 15) is 4.39 Å². The summed E-state index contributed by atoms with van der Waals surface area (Å²) in [6.45, 7) is 6.28. The fourth-order valence-electron chi connectivity index (χ4n) is 2.11. The van der Waals surface area contributed by atoms with Gasteiger partial charge in [-0.3, -0.25) is 0 Å². The summed E-state index contributed by atoms with van der Waals surface area (Å²) in [5, 5.41) is 8.93. The number of unbranched alkanes of at least 4 members (excludes halogenated alkanes) is 1. The normalized spacial score (nSPS) is 12.8. The van der Waals surface area contributed by atoms with Crippen molar-refractivity contribution < 1.29 is 9.13 Å². The zero-order valence-electron chi connectivity index (χ0n) is 13.2. The summed E-state index contributed by atoms with van der Waals surface area (Å²) in [5.41, 5.74) is 6.29. The van der Waals surface area contributed by atoms with Gasteiger partial charge in [-0.1, -0.05) is 0 Å². The van der Waals surface area contributed by atoms with E-state index < -0.39 is 0 Å². The van der Waals surface area contributed by atoms with Gasteiger partial charge in [0.25, 0.3) is 0 Å². The van der Waals surface area contributed by atoms with E-state index in [1.807, 2.05) is 26.8 Å². The minimum absolute atomic E-state index is 0.00661. The molecule has 0 fully saturated rings. The highest BCUT2D eigenvalue weighted by Gasteiger charge is 2.15. The van der Waals surface area contributed by atoms with Crippen molar-refractivity contribution in [3.8, 4) is 11.8 Å². The Kier molecular flexibility index (Phi) is 6.64. The highest BCUT2D eigenvalue weighted by atomic mass is 19.1. The second-order valence-electron chi connectivity index (χ2n) is 6.28. The van der Waals surface area contributed by atoms with Gasteiger partial charge in [0, 0.05) is 12.1 Å². The lowest BCUT2D eigenvalue weighted by atomic mass is 9.89. The predicted molar refractivity (Wildman–Crippen MR) is 82.5 cm³/mol. The molecule has 1 atom stereocenters. The van der Waals surface area contributed by atoms with Crippen molar-refractivity contribution in [3.05, 3.63) is 29.6 Å². The van der Waals surface area contributed by atoms with Crippen LogP contribution in [0.25, 0.3) is 0 Å². The molecule has 0 aromatic heterocycles. The van der Waals surface area contributed by atoms with Crippen molar-refractivity contribution in [3.63, 3.8) is 0 Å². The van der Waals surface area contributed by atoms with Crippen LogP contribution in [-0.2, 0) is 6.42 Å². The lowest BCUT2D eigenvalue weighted by Crippen LogP contribution is -2.17. The number of hydrogen-bond donors (Lipinski definition) is 1. The van der Waals surface area contributed by atoms with E-state index in [-0.39, 0.29) is 17.3 Å². The molecule has 0 spiro atoms. The van der Waals surface area contributed by atoms with E-state index in [2.05, 4.69) is 6.07 Å². The van der Waals surface area contributed by atoms with Crippen LogP contribution in [0.4, 0.5) is 4.39 Å². The molecule has 1 aromatic rings. The molecule has 21 heavy (non-hydrogen) atoms. The first-order valence-electron chi connectivity index (χ1n) is 7.41. The summed E-state index contributed by atoms with van der Waals surface area (Å²) in [7, 11) is 0. The Morgan fingerprint density at radius 3 is 2.67 bits per heavy atom. The first-order chi connectivity index (χ1) is 9.82. The largest absolute Gasteiger partial charge is 0.493 e.